The van der Waals surface area contributed by atoms with Gasteiger partial charge in [0, 0.05) is 11.3 Å². The number of carbonyl (C=O) groups is 2. The van der Waals surface area contributed by atoms with Gasteiger partial charge in [-0.3, -0.25) is 14.6 Å². The van der Waals surface area contributed by atoms with Gasteiger partial charge >= 0.3 is 0 Å². The first-order chi connectivity index (χ1) is 9.08. The van der Waals surface area contributed by atoms with Crippen LogP contribution in [0, 0.1) is 6.92 Å². The van der Waals surface area contributed by atoms with Crippen LogP contribution in [0.5, 0.6) is 0 Å². The summed E-state index contributed by atoms with van der Waals surface area (Å²) in [4.78, 5) is 27.3. The van der Waals surface area contributed by atoms with Crippen LogP contribution in [0.25, 0.3) is 0 Å². The van der Waals surface area contributed by atoms with Gasteiger partial charge in [-0.2, -0.15) is 0 Å². The number of Topliss-reactive ketones (excluding diaryl/α,β-unsaturated/α-hetero) is 1. The predicted octanol–water partition coefficient (Wildman–Crippen LogP) is 2.12. The highest BCUT2D eigenvalue weighted by Crippen LogP contribution is 2.08. The quantitative estimate of drug-likeness (QED) is 0.852. The minimum atomic E-state index is -0.219. The zero-order chi connectivity index (χ0) is 13.8. The van der Waals surface area contributed by atoms with Crippen molar-refractivity contribution in [3.8, 4) is 0 Å². The van der Waals surface area contributed by atoms with E-state index in [0.717, 1.165) is 0 Å². The fourth-order valence-electron chi connectivity index (χ4n) is 1.75. The van der Waals surface area contributed by atoms with E-state index in [9.17, 15) is 9.59 Å². The Morgan fingerprint density at radius 3 is 2.68 bits per heavy atom. The number of aromatic nitrogens is 1. The van der Waals surface area contributed by atoms with Crippen molar-refractivity contribution in [1.82, 2.24) is 10.3 Å². The van der Waals surface area contributed by atoms with Gasteiger partial charge in [-0.1, -0.05) is 0 Å². The van der Waals surface area contributed by atoms with Gasteiger partial charge in [0.2, 0.25) is 0 Å². The molecule has 0 aliphatic rings. The molecule has 2 aromatic heterocycles. The summed E-state index contributed by atoms with van der Waals surface area (Å²) in [6.07, 6.45) is 2.83. The van der Waals surface area contributed by atoms with Gasteiger partial charge in [0.1, 0.15) is 6.26 Å². The molecule has 0 bridgehead atoms. The molecular formula is C14H14N2O3. The fourth-order valence-corrected chi connectivity index (χ4v) is 1.75. The predicted molar refractivity (Wildman–Crippen MR) is 68.9 cm³/mol. The molecule has 2 rings (SSSR count). The Hall–Kier alpha value is -2.43. The molecule has 1 N–H and O–H groups in total. The van der Waals surface area contributed by atoms with E-state index in [1.807, 2.05) is 0 Å². The fraction of sp³-hybridized carbons (Fsp3) is 0.214. The molecule has 0 unspecified atom stereocenters. The van der Waals surface area contributed by atoms with Crippen molar-refractivity contribution in [3.63, 3.8) is 0 Å². The highest BCUT2D eigenvalue weighted by Gasteiger charge is 2.09. The summed E-state index contributed by atoms with van der Waals surface area (Å²) < 4.78 is 4.83. The molecule has 0 saturated heterocycles. The Labute approximate surface area is 110 Å². The topological polar surface area (TPSA) is 72.2 Å². The van der Waals surface area contributed by atoms with E-state index in [4.69, 9.17) is 4.42 Å². The molecule has 0 fully saturated rings. The van der Waals surface area contributed by atoms with E-state index in [1.165, 1.54) is 19.5 Å². The number of aryl methyl sites for hydroxylation is 1. The number of nitrogens with one attached hydrogen (secondary N) is 1. The average molecular weight is 258 g/mol. The molecule has 98 valence electrons. The Morgan fingerprint density at radius 1 is 1.32 bits per heavy atom. The third-order valence-electron chi connectivity index (χ3n) is 2.74. The number of amides is 1. The van der Waals surface area contributed by atoms with Gasteiger partial charge in [-0.25, -0.2) is 0 Å². The number of nitrogens with zero attached hydrogens (tertiary/aromatic N) is 1. The van der Waals surface area contributed by atoms with Crippen LogP contribution in [0.2, 0.25) is 0 Å². The summed E-state index contributed by atoms with van der Waals surface area (Å²) in [6, 6.07) is 5.05. The lowest BCUT2D eigenvalue weighted by Crippen LogP contribution is -2.23. The molecule has 0 aliphatic heterocycles. The van der Waals surface area contributed by atoms with Crippen molar-refractivity contribution in [1.29, 1.82) is 0 Å². The molecule has 2 heterocycles. The SMILES string of the molecule is CC(=O)c1ccc(CNC(=O)c2ccoc2)nc1C. The summed E-state index contributed by atoms with van der Waals surface area (Å²) in [5.41, 5.74) is 2.45. The number of furan rings is 1. The number of rotatable bonds is 4. The molecule has 0 spiro atoms. The van der Waals surface area contributed by atoms with Crippen molar-refractivity contribution in [2.75, 3.05) is 0 Å². The summed E-state index contributed by atoms with van der Waals surface area (Å²) in [6.45, 7) is 3.59. The van der Waals surface area contributed by atoms with Crippen LogP contribution in [-0.4, -0.2) is 16.7 Å². The van der Waals surface area contributed by atoms with Gasteiger partial charge in [-0.15, -0.1) is 0 Å². The van der Waals surface area contributed by atoms with Crippen LogP contribution in [0.1, 0.15) is 39.0 Å². The van der Waals surface area contributed by atoms with E-state index in [0.29, 0.717) is 29.1 Å². The highest BCUT2D eigenvalue weighted by molar-refractivity contribution is 5.95. The van der Waals surface area contributed by atoms with E-state index in [1.54, 1.807) is 25.1 Å². The second-order valence-electron chi connectivity index (χ2n) is 4.19. The zero-order valence-corrected chi connectivity index (χ0v) is 10.8. The highest BCUT2D eigenvalue weighted by atomic mass is 16.3. The van der Waals surface area contributed by atoms with Crippen molar-refractivity contribution in [2.45, 2.75) is 20.4 Å². The Bertz CT molecular complexity index is 603. The maximum atomic E-state index is 11.7. The van der Waals surface area contributed by atoms with Crippen molar-refractivity contribution >= 4 is 11.7 Å². The molecule has 5 heteroatoms. The van der Waals surface area contributed by atoms with Crippen molar-refractivity contribution in [3.05, 3.63) is 53.2 Å². The summed E-state index contributed by atoms with van der Waals surface area (Å²) in [5.74, 6) is -0.233. The Balaban J connectivity index is 2.02. The third kappa shape index (κ3) is 3.07. The smallest absolute Gasteiger partial charge is 0.254 e. The standard InChI is InChI=1S/C14H14N2O3/c1-9-13(10(2)17)4-3-12(16-9)7-15-14(18)11-5-6-19-8-11/h3-6,8H,7H2,1-2H3,(H,15,18). The molecule has 5 nitrogen and oxygen atoms in total. The van der Waals surface area contributed by atoms with Crippen molar-refractivity contribution in [2.24, 2.45) is 0 Å². The largest absolute Gasteiger partial charge is 0.472 e. The van der Waals surface area contributed by atoms with Gasteiger partial charge < -0.3 is 9.73 Å². The molecule has 0 saturated carbocycles. The molecule has 19 heavy (non-hydrogen) atoms. The first kappa shape index (κ1) is 13.0. The first-order valence-electron chi connectivity index (χ1n) is 5.86. The van der Waals surface area contributed by atoms with Gasteiger partial charge in [-0.05, 0) is 32.0 Å². The molecule has 0 aromatic carbocycles. The maximum Gasteiger partial charge on any atom is 0.254 e. The van der Waals surface area contributed by atoms with Crippen LogP contribution < -0.4 is 5.32 Å². The number of hydrogen-bond donors (Lipinski definition) is 1. The van der Waals surface area contributed by atoms with Crippen LogP contribution in [0.4, 0.5) is 0 Å². The lowest BCUT2D eigenvalue weighted by molar-refractivity contribution is 0.0948. The number of ketones is 1. The van der Waals surface area contributed by atoms with Gasteiger partial charge in [0.05, 0.1) is 24.1 Å². The van der Waals surface area contributed by atoms with E-state index < -0.39 is 0 Å². The minimum Gasteiger partial charge on any atom is -0.472 e. The minimum absolute atomic E-state index is 0.0148. The van der Waals surface area contributed by atoms with Crippen LogP contribution in [0.3, 0.4) is 0 Å². The lowest BCUT2D eigenvalue weighted by atomic mass is 10.1. The van der Waals surface area contributed by atoms with Gasteiger partial charge in [0.15, 0.2) is 5.78 Å². The van der Waals surface area contributed by atoms with Crippen molar-refractivity contribution < 1.29 is 14.0 Å². The molecule has 0 radical (unpaired) electrons. The normalized spacial score (nSPS) is 10.2. The molecule has 2 aromatic rings. The maximum absolute atomic E-state index is 11.7. The van der Waals surface area contributed by atoms with E-state index in [2.05, 4.69) is 10.3 Å². The van der Waals surface area contributed by atoms with Crippen LogP contribution >= 0.6 is 0 Å². The number of carbonyl (C=O) groups excluding carboxylic acids is 2. The lowest BCUT2D eigenvalue weighted by Gasteiger charge is -2.06. The van der Waals surface area contributed by atoms with E-state index >= 15 is 0 Å². The first-order valence-corrected chi connectivity index (χ1v) is 5.86. The Kier molecular flexibility index (Phi) is 3.75. The van der Waals surface area contributed by atoms with E-state index in [-0.39, 0.29) is 11.7 Å². The Morgan fingerprint density at radius 2 is 2.11 bits per heavy atom. The molecular weight excluding hydrogens is 244 g/mol. The number of hydrogen-bond acceptors (Lipinski definition) is 4. The van der Waals surface area contributed by atoms with Crippen LogP contribution in [-0.2, 0) is 6.54 Å². The monoisotopic (exact) mass is 258 g/mol. The number of pyridine rings is 1. The molecule has 1 amide bonds. The summed E-state index contributed by atoms with van der Waals surface area (Å²) in [5, 5.41) is 2.73. The third-order valence-corrected chi connectivity index (χ3v) is 2.74. The average Bonchev–Trinajstić information content (AvgIpc) is 2.89. The van der Waals surface area contributed by atoms with Crippen LogP contribution in [0.15, 0.2) is 35.1 Å². The zero-order valence-electron chi connectivity index (χ0n) is 10.8. The molecule has 0 aliphatic carbocycles. The van der Waals surface area contributed by atoms with Gasteiger partial charge in [0.25, 0.3) is 5.91 Å². The summed E-state index contributed by atoms with van der Waals surface area (Å²) in [7, 11) is 0. The second-order valence-corrected chi connectivity index (χ2v) is 4.19. The summed E-state index contributed by atoms with van der Waals surface area (Å²) >= 11 is 0. The second kappa shape index (κ2) is 5.48. The molecule has 0 atom stereocenters.